The Morgan fingerprint density at radius 2 is 1.80 bits per heavy atom. The van der Waals surface area contributed by atoms with E-state index in [1.54, 1.807) is 6.08 Å². The summed E-state index contributed by atoms with van der Waals surface area (Å²) in [5.74, 6) is 1.54. The number of rotatable bonds is 8. The molecule has 0 spiro atoms. The Labute approximate surface area is 236 Å². The second-order valence-electron chi connectivity index (χ2n) is 10.9. The van der Waals surface area contributed by atoms with Gasteiger partial charge in [-0.3, -0.25) is 4.79 Å². The fourth-order valence-corrected chi connectivity index (χ4v) is 5.74. The van der Waals surface area contributed by atoms with Gasteiger partial charge < -0.3 is 19.1 Å². The zero-order valence-corrected chi connectivity index (χ0v) is 23.8. The lowest BCUT2D eigenvalue weighted by molar-refractivity contribution is -0.134. The Balaban J connectivity index is 1.43. The number of amides is 1. The molecule has 8 nitrogen and oxygen atoms in total. The highest BCUT2D eigenvalue weighted by Crippen LogP contribution is 2.31. The maximum atomic E-state index is 13.9. The van der Waals surface area contributed by atoms with Gasteiger partial charge in [-0.2, -0.15) is 0 Å². The molecule has 1 amide bonds. The number of esters is 1. The first kappa shape index (κ1) is 27.6. The van der Waals surface area contributed by atoms with Gasteiger partial charge in [-0.25, -0.2) is 14.8 Å². The normalized spacial score (nSPS) is 16.0. The molecule has 0 radical (unpaired) electrons. The van der Waals surface area contributed by atoms with E-state index in [1.165, 1.54) is 32.4 Å². The average molecular weight is 542 g/mol. The molecule has 2 aromatic heterocycles. The standard InChI is InChI=1S/C32H39N5O3/c1-23-11-14-27(19-25(23)13-16-31(38)40-3)37(32(39)24-9-5-4-6-10-24)22-30-34-21-28(35(30)2)26-12-15-29(33-20-26)36-17-7-8-18-36/h11-16,19-21,24H,4-10,17-18,22H2,1-3H3/b16-13+. The number of ether oxygens (including phenoxy) is 1. The van der Waals surface area contributed by atoms with Crippen molar-refractivity contribution in [2.45, 2.75) is 58.4 Å². The second-order valence-corrected chi connectivity index (χ2v) is 10.9. The van der Waals surface area contributed by atoms with Crippen LogP contribution in [0.3, 0.4) is 0 Å². The Bertz CT molecular complexity index is 1370. The number of aromatic nitrogens is 3. The number of carbonyl (C=O) groups is 2. The van der Waals surface area contributed by atoms with Crippen LogP contribution in [0.5, 0.6) is 0 Å². The van der Waals surface area contributed by atoms with Crippen molar-refractivity contribution in [3.05, 3.63) is 65.8 Å². The Morgan fingerprint density at radius 1 is 1.02 bits per heavy atom. The van der Waals surface area contributed by atoms with Crippen LogP contribution in [0.15, 0.2) is 48.8 Å². The lowest BCUT2D eigenvalue weighted by atomic mass is 9.88. The minimum absolute atomic E-state index is 0.00573. The van der Waals surface area contributed by atoms with Crippen LogP contribution in [0.2, 0.25) is 0 Å². The summed E-state index contributed by atoms with van der Waals surface area (Å²) in [6.07, 6.45) is 14.5. The van der Waals surface area contributed by atoms with Crippen molar-refractivity contribution in [2.75, 3.05) is 30.0 Å². The van der Waals surface area contributed by atoms with E-state index >= 15 is 0 Å². The number of carbonyl (C=O) groups excluding carboxylic acids is 2. The SMILES string of the molecule is COC(=O)/C=C/c1cc(N(Cc2ncc(-c3ccc(N4CCCC4)nc3)n2C)C(=O)C2CCCCC2)ccc1C. The number of hydrogen-bond acceptors (Lipinski definition) is 6. The molecule has 5 rings (SSSR count). The van der Waals surface area contributed by atoms with Crippen LogP contribution < -0.4 is 9.80 Å². The Kier molecular flexibility index (Phi) is 8.63. The number of nitrogens with zero attached hydrogens (tertiary/aromatic N) is 5. The molecule has 2 fully saturated rings. The predicted octanol–water partition coefficient (Wildman–Crippen LogP) is 5.69. The van der Waals surface area contributed by atoms with Crippen LogP contribution in [0.4, 0.5) is 11.5 Å². The first-order valence-corrected chi connectivity index (χ1v) is 14.3. The molecule has 1 aliphatic heterocycles. The molecule has 1 saturated carbocycles. The van der Waals surface area contributed by atoms with Crippen molar-refractivity contribution in [2.24, 2.45) is 13.0 Å². The first-order valence-electron chi connectivity index (χ1n) is 14.3. The van der Waals surface area contributed by atoms with E-state index in [1.807, 2.05) is 49.5 Å². The molecule has 1 aliphatic carbocycles. The smallest absolute Gasteiger partial charge is 0.330 e. The number of benzene rings is 1. The third-order valence-corrected chi connectivity index (χ3v) is 8.25. The number of imidazole rings is 1. The van der Waals surface area contributed by atoms with Gasteiger partial charge >= 0.3 is 5.97 Å². The van der Waals surface area contributed by atoms with Gasteiger partial charge in [0.25, 0.3) is 0 Å². The molecule has 0 unspecified atom stereocenters. The van der Waals surface area contributed by atoms with Crippen molar-refractivity contribution < 1.29 is 14.3 Å². The van der Waals surface area contributed by atoms with Crippen molar-refractivity contribution in [3.63, 3.8) is 0 Å². The van der Waals surface area contributed by atoms with Crippen molar-refractivity contribution >= 4 is 29.5 Å². The zero-order chi connectivity index (χ0) is 28.1. The summed E-state index contributed by atoms with van der Waals surface area (Å²) < 4.78 is 6.82. The van der Waals surface area contributed by atoms with Crippen molar-refractivity contribution in [1.29, 1.82) is 0 Å². The quantitative estimate of drug-likeness (QED) is 0.269. The molecule has 3 heterocycles. The number of pyridine rings is 1. The topological polar surface area (TPSA) is 80.6 Å². The van der Waals surface area contributed by atoms with Crippen molar-refractivity contribution in [3.8, 4) is 11.3 Å². The highest BCUT2D eigenvalue weighted by Gasteiger charge is 2.28. The number of methoxy groups -OCH3 is 1. The lowest BCUT2D eigenvalue weighted by Crippen LogP contribution is -2.37. The van der Waals surface area contributed by atoms with E-state index in [0.717, 1.165) is 78.5 Å². The van der Waals surface area contributed by atoms with Gasteiger partial charge in [-0.1, -0.05) is 25.3 Å². The minimum Gasteiger partial charge on any atom is -0.466 e. The van der Waals surface area contributed by atoms with E-state index in [4.69, 9.17) is 14.7 Å². The molecule has 8 heteroatoms. The molecular weight excluding hydrogens is 502 g/mol. The van der Waals surface area contributed by atoms with E-state index in [0.29, 0.717) is 6.54 Å². The van der Waals surface area contributed by atoms with Gasteiger partial charge in [-0.15, -0.1) is 0 Å². The second kappa shape index (κ2) is 12.5. The molecular formula is C32H39N5O3. The molecule has 210 valence electrons. The highest BCUT2D eigenvalue weighted by atomic mass is 16.5. The number of anilines is 2. The highest BCUT2D eigenvalue weighted by molar-refractivity contribution is 5.95. The van der Waals surface area contributed by atoms with Crippen LogP contribution in [0, 0.1) is 12.8 Å². The lowest BCUT2D eigenvalue weighted by Gasteiger charge is -2.30. The van der Waals surface area contributed by atoms with Gasteiger partial charge in [0.1, 0.15) is 11.6 Å². The summed E-state index contributed by atoms with van der Waals surface area (Å²) in [7, 11) is 3.36. The number of aryl methyl sites for hydroxylation is 1. The summed E-state index contributed by atoms with van der Waals surface area (Å²) in [6, 6.07) is 10.1. The largest absolute Gasteiger partial charge is 0.466 e. The van der Waals surface area contributed by atoms with Crippen molar-refractivity contribution in [1.82, 2.24) is 14.5 Å². The fraction of sp³-hybridized carbons (Fsp3) is 0.438. The summed E-state index contributed by atoms with van der Waals surface area (Å²) in [5, 5.41) is 0. The summed E-state index contributed by atoms with van der Waals surface area (Å²) in [4.78, 5) is 39.3. The molecule has 40 heavy (non-hydrogen) atoms. The Hall–Kier alpha value is -3.94. The van der Waals surface area contributed by atoms with E-state index in [9.17, 15) is 9.59 Å². The molecule has 0 bridgehead atoms. The molecule has 0 atom stereocenters. The van der Waals surface area contributed by atoms with Crippen LogP contribution in [-0.4, -0.2) is 46.6 Å². The zero-order valence-electron chi connectivity index (χ0n) is 23.8. The predicted molar refractivity (Wildman–Crippen MR) is 158 cm³/mol. The third kappa shape index (κ3) is 6.11. The monoisotopic (exact) mass is 541 g/mol. The maximum Gasteiger partial charge on any atom is 0.330 e. The summed E-state index contributed by atoms with van der Waals surface area (Å²) in [6.45, 7) is 4.47. The van der Waals surface area contributed by atoms with Gasteiger partial charge in [0.2, 0.25) is 5.91 Å². The fourth-order valence-electron chi connectivity index (χ4n) is 5.74. The van der Waals surface area contributed by atoms with E-state index < -0.39 is 5.97 Å². The first-order chi connectivity index (χ1) is 19.4. The van der Waals surface area contributed by atoms with Gasteiger partial charge in [-0.05, 0) is 74.1 Å². The molecule has 2 aliphatic rings. The van der Waals surface area contributed by atoms with Crippen LogP contribution in [0.1, 0.15) is 61.9 Å². The summed E-state index contributed by atoms with van der Waals surface area (Å²) in [5.41, 5.74) is 4.64. The maximum absolute atomic E-state index is 13.9. The van der Waals surface area contributed by atoms with Crippen LogP contribution in [0.25, 0.3) is 17.3 Å². The summed E-state index contributed by atoms with van der Waals surface area (Å²) >= 11 is 0. The average Bonchev–Trinajstić information content (AvgIpc) is 3.66. The molecule has 3 aromatic rings. The molecule has 0 N–H and O–H groups in total. The minimum atomic E-state index is -0.413. The third-order valence-electron chi connectivity index (χ3n) is 8.25. The van der Waals surface area contributed by atoms with E-state index in [-0.39, 0.29) is 11.8 Å². The van der Waals surface area contributed by atoms with Gasteiger partial charge in [0, 0.05) is 49.6 Å². The molecule has 1 aromatic carbocycles. The van der Waals surface area contributed by atoms with Crippen LogP contribution >= 0.6 is 0 Å². The Morgan fingerprint density at radius 3 is 2.50 bits per heavy atom. The van der Waals surface area contributed by atoms with Gasteiger partial charge in [0.15, 0.2) is 0 Å². The van der Waals surface area contributed by atoms with E-state index in [2.05, 4.69) is 21.6 Å². The van der Waals surface area contributed by atoms with Crippen LogP contribution in [-0.2, 0) is 27.9 Å². The number of hydrogen-bond donors (Lipinski definition) is 0. The van der Waals surface area contributed by atoms with Gasteiger partial charge in [0.05, 0.1) is 25.5 Å². The molecule has 1 saturated heterocycles.